The first-order valence-electron chi connectivity index (χ1n) is 5.80. The molecular weight excluding hydrogens is 301 g/mol. The molecule has 2 aromatic carbocycles. The fourth-order valence-electron chi connectivity index (χ4n) is 1.68. The SMILES string of the molecule is O=[N+]([O-])c1ccc(Cl)cc1COc1ccc(CCl)cc1. The molecule has 20 heavy (non-hydrogen) atoms. The van der Waals surface area contributed by atoms with Crippen LogP contribution in [-0.2, 0) is 12.5 Å². The number of hydrogen-bond acceptors (Lipinski definition) is 3. The highest BCUT2D eigenvalue weighted by molar-refractivity contribution is 6.30. The van der Waals surface area contributed by atoms with E-state index in [-0.39, 0.29) is 12.3 Å². The Morgan fingerprint density at radius 3 is 2.45 bits per heavy atom. The predicted molar refractivity (Wildman–Crippen MR) is 78.4 cm³/mol. The maximum atomic E-state index is 10.9. The highest BCUT2D eigenvalue weighted by atomic mass is 35.5. The third-order valence-corrected chi connectivity index (χ3v) is 3.25. The van der Waals surface area contributed by atoms with Gasteiger partial charge in [-0.25, -0.2) is 0 Å². The van der Waals surface area contributed by atoms with Gasteiger partial charge in [0.15, 0.2) is 0 Å². The van der Waals surface area contributed by atoms with Gasteiger partial charge in [-0.05, 0) is 29.8 Å². The number of benzene rings is 2. The Hall–Kier alpha value is -1.78. The first-order chi connectivity index (χ1) is 9.60. The van der Waals surface area contributed by atoms with Gasteiger partial charge in [-0.2, -0.15) is 0 Å². The van der Waals surface area contributed by atoms with Crippen molar-refractivity contribution in [3.63, 3.8) is 0 Å². The number of nitrogens with zero attached hydrogens (tertiary/aromatic N) is 1. The van der Waals surface area contributed by atoms with Crippen LogP contribution in [-0.4, -0.2) is 4.92 Å². The molecule has 0 aliphatic rings. The largest absolute Gasteiger partial charge is 0.489 e. The van der Waals surface area contributed by atoms with Crippen molar-refractivity contribution in [1.29, 1.82) is 0 Å². The Morgan fingerprint density at radius 2 is 1.85 bits per heavy atom. The number of halogens is 2. The molecular formula is C14H11Cl2NO3. The molecule has 104 valence electrons. The van der Waals surface area contributed by atoms with E-state index < -0.39 is 4.92 Å². The minimum atomic E-state index is -0.453. The molecule has 0 fully saturated rings. The normalized spacial score (nSPS) is 10.3. The molecule has 4 nitrogen and oxygen atoms in total. The lowest BCUT2D eigenvalue weighted by Crippen LogP contribution is -2.00. The van der Waals surface area contributed by atoms with Gasteiger partial charge in [-0.3, -0.25) is 10.1 Å². The van der Waals surface area contributed by atoms with Crippen molar-refractivity contribution in [3.8, 4) is 5.75 Å². The molecule has 0 bridgehead atoms. The van der Waals surface area contributed by atoms with Crippen molar-refractivity contribution in [2.24, 2.45) is 0 Å². The summed E-state index contributed by atoms with van der Waals surface area (Å²) < 4.78 is 5.53. The highest BCUT2D eigenvalue weighted by Gasteiger charge is 2.14. The third-order valence-electron chi connectivity index (χ3n) is 2.71. The average Bonchev–Trinajstić information content (AvgIpc) is 2.45. The second-order valence-corrected chi connectivity index (χ2v) is 4.80. The highest BCUT2D eigenvalue weighted by Crippen LogP contribution is 2.24. The summed E-state index contributed by atoms with van der Waals surface area (Å²) in [5, 5.41) is 11.4. The van der Waals surface area contributed by atoms with Crippen LogP contribution in [0.1, 0.15) is 11.1 Å². The Balaban J connectivity index is 2.13. The molecule has 0 heterocycles. The van der Waals surface area contributed by atoms with Crippen LogP contribution in [0, 0.1) is 10.1 Å². The van der Waals surface area contributed by atoms with E-state index in [4.69, 9.17) is 27.9 Å². The molecule has 0 unspecified atom stereocenters. The van der Waals surface area contributed by atoms with Gasteiger partial charge in [0.25, 0.3) is 5.69 Å². The van der Waals surface area contributed by atoms with Crippen molar-refractivity contribution in [3.05, 3.63) is 68.7 Å². The van der Waals surface area contributed by atoms with E-state index in [1.54, 1.807) is 12.1 Å². The molecule has 0 aliphatic carbocycles. The molecule has 0 saturated carbocycles. The van der Waals surface area contributed by atoms with E-state index in [0.29, 0.717) is 22.2 Å². The minimum absolute atomic E-state index is 0.00761. The molecule has 0 amide bonds. The fraction of sp³-hybridized carbons (Fsp3) is 0.143. The summed E-state index contributed by atoms with van der Waals surface area (Å²) in [6.45, 7) is 0.0805. The summed E-state index contributed by atoms with van der Waals surface area (Å²) in [5.74, 6) is 1.05. The van der Waals surface area contributed by atoms with E-state index in [1.807, 2.05) is 12.1 Å². The average molecular weight is 312 g/mol. The van der Waals surface area contributed by atoms with Crippen molar-refractivity contribution < 1.29 is 9.66 Å². The number of hydrogen-bond donors (Lipinski definition) is 0. The zero-order chi connectivity index (χ0) is 14.5. The van der Waals surface area contributed by atoms with Crippen LogP contribution in [0.3, 0.4) is 0 Å². The molecule has 2 rings (SSSR count). The number of alkyl halides is 1. The van der Waals surface area contributed by atoms with E-state index in [1.165, 1.54) is 18.2 Å². The van der Waals surface area contributed by atoms with E-state index in [9.17, 15) is 10.1 Å². The van der Waals surface area contributed by atoms with E-state index >= 15 is 0 Å². The summed E-state index contributed by atoms with van der Waals surface area (Å²) in [7, 11) is 0. The second-order valence-electron chi connectivity index (χ2n) is 4.10. The molecule has 2 aromatic rings. The first kappa shape index (κ1) is 14.6. The summed E-state index contributed by atoms with van der Waals surface area (Å²) in [5.41, 5.74) is 1.41. The van der Waals surface area contributed by atoms with Crippen molar-refractivity contribution >= 4 is 28.9 Å². The summed E-state index contributed by atoms with van der Waals surface area (Å²) >= 11 is 11.5. The fourth-order valence-corrected chi connectivity index (χ4v) is 2.06. The van der Waals surface area contributed by atoms with E-state index in [0.717, 1.165) is 5.56 Å². The molecule has 0 aliphatic heterocycles. The number of nitro benzene ring substituents is 1. The molecule has 0 radical (unpaired) electrons. The van der Waals surface area contributed by atoms with Crippen molar-refractivity contribution in [1.82, 2.24) is 0 Å². The van der Waals surface area contributed by atoms with Crippen LogP contribution in [0.5, 0.6) is 5.75 Å². The van der Waals surface area contributed by atoms with Gasteiger partial charge < -0.3 is 4.74 Å². The standard InChI is InChI=1S/C14H11Cl2NO3/c15-8-10-1-4-13(5-2-10)20-9-11-7-12(16)3-6-14(11)17(18)19/h1-7H,8-9H2. The van der Waals surface area contributed by atoms with Crippen LogP contribution >= 0.6 is 23.2 Å². The Bertz CT molecular complexity index is 614. The van der Waals surface area contributed by atoms with Gasteiger partial charge in [0.05, 0.1) is 10.5 Å². The Kier molecular flexibility index (Phi) is 4.82. The second kappa shape index (κ2) is 6.59. The van der Waals surface area contributed by atoms with Crippen LogP contribution in [0.2, 0.25) is 5.02 Å². The molecule has 0 atom stereocenters. The lowest BCUT2D eigenvalue weighted by Gasteiger charge is -2.07. The number of rotatable bonds is 5. The summed E-state index contributed by atoms with van der Waals surface area (Å²) in [6.07, 6.45) is 0. The maximum absolute atomic E-state index is 10.9. The zero-order valence-electron chi connectivity index (χ0n) is 10.4. The first-order valence-corrected chi connectivity index (χ1v) is 6.72. The van der Waals surface area contributed by atoms with Gasteiger partial charge in [0.1, 0.15) is 12.4 Å². The quantitative estimate of drug-likeness (QED) is 0.462. The monoisotopic (exact) mass is 311 g/mol. The van der Waals surface area contributed by atoms with Crippen molar-refractivity contribution in [2.45, 2.75) is 12.5 Å². The van der Waals surface area contributed by atoms with Gasteiger partial charge in [-0.15, -0.1) is 11.6 Å². The zero-order valence-corrected chi connectivity index (χ0v) is 11.9. The lowest BCUT2D eigenvalue weighted by atomic mass is 10.2. The van der Waals surface area contributed by atoms with Crippen molar-refractivity contribution in [2.75, 3.05) is 0 Å². The lowest BCUT2D eigenvalue weighted by molar-refractivity contribution is -0.385. The minimum Gasteiger partial charge on any atom is -0.489 e. The molecule has 0 N–H and O–H groups in total. The maximum Gasteiger partial charge on any atom is 0.276 e. The smallest absolute Gasteiger partial charge is 0.276 e. The molecule has 6 heteroatoms. The van der Waals surface area contributed by atoms with Crippen LogP contribution in [0.4, 0.5) is 5.69 Å². The summed E-state index contributed by atoms with van der Waals surface area (Å²) in [4.78, 5) is 10.5. The predicted octanol–water partition coefficient (Wildman–Crippen LogP) is 4.57. The topological polar surface area (TPSA) is 52.4 Å². The van der Waals surface area contributed by atoms with E-state index in [2.05, 4.69) is 0 Å². The summed E-state index contributed by atoms with van der Waals surface area (Å²) in [6, 6.07) is 11.6. The number of ether oxygens (including phenoxy) is 1. The molecule has 0 saturated heterocycles. The third kappa shape index (κ3) is 3.62. The van der Waals surface area contributed by atoms with Crippen LogP contribution in [0.15, 0.2) is 42.5 Å². The Labute approximate surface area is 126 Å². The van der Waals surface area contributed by atoms with Gasteiger partial charge >= 0.3 is 0 Å². The molecule has 0 spiro atoms. The van der Waals surface area contributed by atoms with Gasteiger partial charge in [-0.1, -0.05) is 23.7 Å². The number of nitro groups is 1. The Morgan fingerprint density at radius 1 is 1.15 bits per heavy atom. The molecule has 0 aromatic heterocycles. The van der Waals surface area contributed by atoms with Crippen LogP contribution in [0.25, 0.3) is 0 Å². The van der Waals surface area contributed by atoms with Crippen LogP contribution < -0.4 is 4.74 Å². The van der Waals surface area contributed by atoms with Gasteiger partial charge in [0, 0.05) is 17.0 Å². The van der Waals surface area contributed by atoms with Gasteiger partial charge in [0.2, 0.25) is 0 Å².